The number of aromatic amines is 1. The van der Waals surface area contributed by atoms with Crippen LogP contribution in [0.4, 0.5) is 0 Å². The van der Waals surface area contributed by atoms with Gasteiger partial charge in [-0.2, -0.15) is 5.10 Å². The van der Waals surface area contributed by atoms with Gasteiger partial charge >= 0.3 is 0 Å². The number of hydrogen-bond donors (Lipinski definition) is 2. The summed E-state index contributed by atoms with van der Waals surface area (Å²) in [5.74, 6) is 1.01. The Bertz CT molecular complexity index is 554. The van der Waals surface area contributed by atoms with E-state index in [0.29, 0.717) is 0 Å². The van der Waals surface area contributed by atoms with Crippen molar-refractivity contribution in [2.45, 2.75) is 32.2 Å². The molecule has 2 heterocycles. The molecule has 1 aliphatic heterocycles. The number of fused-ring (bicyclic) bond motifs is 3. The lowest BCUT2D eigenvalue weighted by Crippen LogP contribution is -2.18. The van der Waals surface area contributed by atoms with E-state index in [1.165, 1.54) is 10.9 Å². The highest BCUT2D eigenvalue weighted by atomic mass is 35.5. The molecule has 0 saturated heterocycles. The third-order valence-corrected chi connectivity index (χ3v) is 3.22. The third kappa shape index (κ3) is 2.96. The fraction of sp³-hybridized carbons (Fsp3) is 0.462. The summed E-state index contributed by atoms with van der Waals surface area (Å²) in [6.07, 6.45) is 2.97. The highest BCUT2D eigenvalue weighted by molar-refractivity contribution is 5.87. The first-order valence-electron chi connectivity index (χ1n) is 6.13. The second kappa shape index (κ2) is 6.46. The largest absolute Gasteiger partial charge is 0.493 e. The summed E-state index contributed by atoms with van der Waals surface area (Å²) in [6.45, 7) is 2.83. The van der Waals surface area contributed by atoms with Gasteiger partial charge in [0.2, 0.25) is 0 Å². The smallest absolute Gasteiger partial charge is 0.123 e. The van der Waals surface area contributed by atoms with Crippen molar-refractivity contribution < 1.29 is 4.74 Å². The van der Waals surface area contributed by atoms with Crippen molar-refractivity contribution in [1.29, 1.82) is 0 Å². The Kier molecular flexibility index (Phi) is 5.47. The summed E-state index contributed by atoms with van der Waals surface area (Å²) in [5, 5.41) is 8.68. The van der Waals surface area contributed by atoms with E-state index in [4.69, 9.17) is 10.5 Å². The van der Waals surface area contributed by atoms with Gasteiger partial charge in [-0.05, 0) is 31.9 Å². The fourth-order valence-corrected chi connectivity index (χ4v) is 2.51. The van der Waals surface area contributed by atoms with E-state index in [0.717, 1.165) is 42.8 Å². The van der Waals surface area contributed by atoms with Crippen LogP contribution in [0.2, 0.25) is 0 Å². The molecule has 0 saturated carbocycles. The van der Waals surface area contributed by atoms with Gasteiger partial charge in [-0.1, -0.05) is 0 Å². The van der Waals surface area contributed by atoms with Crippen LogP contribution in [-0.4, -0.2) is 22.8 Å². The predicted molar refractivity (Wildman–Crippen MR) is 81.8 cm³/mol. The lowest BCUT2D eigenvalue weighted by molar-refractivity contribution is 0.289. The highest BCUT2D eigenvalue weighted by Crippen LogP contribution is 2.33. The number of hydrogen-bond acceptors (Lipinski definition) is 3. The zero-order chi connectivity index (χ0) is 11.8. The molecular formula is C13H19Cl2N3O. The van der Waals surface area contributed by atoms with Crippen LogP contribution in [0.15, 0.2) is 12.1 Å². The second-order valence-corrected chi connectivity index (χ2v) is 4.77. The van der Waals surface area contributed by atoms with E-state index in [-0.39, 0.29) is 30.9 Å². The predicted octanol–water partition coefficient (Wildman–Crippen LogP) is 2.62. The summed E-state index contributed by atoms with van der Waals surface area (Å²) in [7, 11) is 0. The van der Waals surface area contributed by atoms with Crippen molar-refractivity contribution in [2.24, 2.45) is 5.73 Å². The SMILES string of the molecule is C[C@H](N)Cc1[nH]nc2ccc3c(c12)CCCO3.Cl.Cl. The second-order valence-electron chi connectivity index (χ2n) is 4.77. The van der Waals surface area contributed by atoms with Crippen molar-refractivity contribution in [3.63, 3.8) is 0 Å². The Labute approximate surface area is 124 Å². The standard InChI is InChI=1S/C13H17N3O.2ClH/c1-8(14)7-11-13-9-3-2-6-17-12(9)5-4-10(13)15-16-11;;/h4-5,8H,2-3,6-7,14H2,1H3,(H,15,16);2*1H/t8-;;/m0../s1. The number of rotatable bonds is 2. The summed E-state index contributed by atoms with van der Waals surface area (Å²) >= 11 is 0. The summed E-state index contributed by atoms with van der Waals surface area (Å²) in [6, 6.07) is 4.17. The number of nitrogens with two attached hydrogens (primary N) is 1. The summed E-state index contributed by atoms with van der Waals surface area (Å²) < 4.78 is 5.69. The zero-order valence-corrected chi connectivity index (χ0v) is 12.4. The van der Waals surface area contributed by atoms with Gasteiger partial charge in [0.15, 0.2) is 0 Å². The molecule has 0 aliphatic carbocycles. The monoisotopic (exact) mass is 303 g/mol. The molecule has 0 radical (unpaired) electrons. The quantitative estimate of drug-likeness (QED) is 0.896. The Balaban J connectivity index is 0.000000902. The molecule has 1 aliphatic rings. The van der Waals surface area contributed by atoms with Crippen molar-refractivity contribution >= 4 is 35.7 Å². The van der Waals surface area contributed by atoms with Gasteiger partial charge in [0, 0.05) is 29.1 Å². The molecule has 0 amide bonds. The van der Waals surface area contributed by atoms with E-state index < -0.39 is 0 Å². The molecule has 4 nitrogen and oxygen atoms in total. The molecule has 1 atom stereocenters. The lowest BCUT2D eigenvalue weighted by atomic mass is 9.98. The van der Waals surface area contributed by atoms with Gasteiger partial charge in [0.05, 0.1) is 12.1 Å². The molecule has 106 valence electrons. The number of nitrogens with zero attached hydrogens (tertiary/aromatic N) is 1. The third-order valence-electron chi connectivity index (χ3n) is 3.22. The Hall–Kier alpha value is -0.970. The molecule has 2 aromatic rings. The number of aromatic nitrogens is 2. The number of benzene rings is 1. The van der Waals surface area contributed by atoms with E-state index >= 15 is 0 Å². The van der Waals surface area contributed by atoms with E-state index in [9.17, 15) is 0 Å². The summed E-state index contributed by atoms with van der Waals surface area (Å²) in [5.41, 5.74) is 9.32. The number of nitrogens with one attached hydrogen (secondary N) is 1. The van der Waals surface area contributed by atoms with Crippen molar-refractivity contribution in [2.75, 3.05) is 6.61 Å². The van der Waals surface area contributed by atoms with Crippen molar-refractivity contribution in [3.8, 4) is 5.75 Å². The molecule has 1 aromatic carbocycles. The van der Waals surface area contributed by atoms with E-state index in [1.807, 2.05) is 19.1 Å². The minimum atomic E-state index is 0. The minimum Gasteiger partial charge on any atom is -0.493 e. The Morgan fingerprint density at radius 2 is 2.21 bits per heavy atom. The first-order valence-corrected chi connectivity index (χ1v) is 6.13. The number of H-pyrrole nitrogens is 1. The van der Waals surface area contributed by atoms with Crippen LogP contribution in [0.25, 0.3) is 10.9 Å². The maximum atomic E-state index is 5.87. The number of ether oxygens (including phenoxy) is 1. The molecule has 3 N–H and O–H groups in total. The van der Waals surface area contributed by atoms with Gasteiger partial charge in [-0.3, -0.25) is 5.10 Å². The summed E-state index contributed by atoms with van der Waals surface area (Å²) in [4.78, 5) is 0. The van der Waals surface area contributed by atoms with Gasteiger partial charge < -0.3 is 10.5 Å². The Morgan fingerprint density at radius 3 is 2.95 bits per heavy atom. The maximum Gasteiger partial charge on any atom is 0.123 e. The molecule has 3 rings (SSSR count). The Morgan fingerprint density at radius 1 is 1.42 bits per heavy atom. The first kappa shape index (κ1) is 16.1. The molecule has 0 bridgehead atoms. The van der Waals surface area contributed by atoms with Crippen LogP contribution in [0.3, 0.4) is 0 Å². The van der Waals surface area contributed by atoms with Gasteiger partial charge in [-0.15, -0.1) is 24.8 Å². The van der Waals surface area contributed by atoms with Gasteiger partial charge in [0.25, 0.3) is 0 Å². The van der Waals surface area contributed by atoms with Gasteiger partial charge in [0.1, 0.15) is 5.75 Å². The molecule has 0 spiro atoms. The van der Waals surface area contributed by atoms with Crippen molar-refractivity contribution in [1.82, 2.24) is 10.2 Å². The fourth-order valence-electron chi connectivity index (χ4n) is 2.51. The molecule has 0 fully saturated rings. The average molecular weight is 304 g/mol. The van der Waals surface area contributed by atoms with Crippen LogP contribution < -0.4 is 10.5 Å². The van der Waals surface area contributed by atoms with Crippen LogP contribution >= 0.6 is 24.8 Å². The molecule has 6 heteroatoms. The normalized spacial score (nSPS) is 14.8. The number of halogens is 2. The molecule has 0 unspecified atom stereocenters. The van der Waals surface area contributed by atoms with Crippen LogP contribution in [-0.2, 0) is 12.8 Å². The molecule has 1 aromatic heterocycles. The lowest BCUT2D eigenvalue weighted by Gasteiger charge is -2.18. The van der Waals surface area contributed by atoms with Crippen LogP contribution in [0, 0.1) is 0 Å². The van der Waals surface area contributed by atoms with Crippen LogP contribution in [0.1, 0.15) is 24.6 Å². The zero-order valence-electron chi connectivity index (χ0n) is 10.8. The highest BCUT2D eigenvalue weighted by Gasteiger charge is 2.18. The van der Waals surface area contributed by atoms with Crippen molar-refractivity contribution in [3.05, 3.63) is 23.4 Å². The molecule has 19 heavy (non-hydrogen) atoms. The topological polar surface area (TPSA) is 63.9 Å². The average Bonchev–Trinajstić information content (AvgIpc) is 2.72. The van der Waals surface area contributed by atoms with E-state index in [1.54, 1.807) is 0 Å². The first-order chi connectivity index (χ1) is 8.25. The maximum absolute atomic E-state index is 5.87. The number of aryl methyl sites for hydroxylation is 1. The van der Waals surface area contributed by atoms with Crippen LogP contribution in [0.5, 0.6) is 5.75 Å². The minimum absolute atomic E-state index is 0. The van der Waals surface area contributed by atoms with E-state index in [2.05, 4.69) is 10.2 Å². The molecular weight excluding hydrogens is 285 g/mol. The van der Waals surface area contributed by atoms with Gasteiger partial charge in [-0.25, -0.2) is 0 Å².